The minimum Gasteiger partial charge on any atom is -0.519 e. The SMILES string of the molecule is OB(OC=CCCCCCC(c1c(F)c(F)c(F)c(F)c1F)(c1c(F)c(F)c(F)c(F)c1F)c1c(F)c(F)c(F)c(F)c1F)OC(c1ccccc1)(c1ccccc1)c1ccccc1. The van der Waals surface area contributed by atoms with Gasteiger partial charge in [-0.2, -0.15) is 0 Å². The quantitative estimate of drug-likeness (QED) is 0.0200. The fourth-order valence-corrected chi connectivity index (χ4v) is 7.61. The molecule has 0 bridgehead atoms. The molecule has 0 heterocycles. The third-order valence-electron chi connectivity index (χ3n) is 10.4. The first-order valence-corrected chi connectivity index (χ1v) is 18.8. The van der Waals surface area contributed by atoms with E-state index in [4.69, 9.17) is 9.31 Å². The van der Waals surface area contributed by atoms with Gasteiger partial charge in [-0.1, -0.05) is 110 Å². The van der Waals surface area contributed by atoms with Crippen LogP contribution >= 0.6 is 0 Å². The maximum Gasteiger partial charge on any atom is 0.711 e. The van der Waals surface area contributed by atoms with Crippen molar-refractivity contribution in [3.8, 4) is 0 Å². The lowest BCUT2D eigenvalue weighted by Gasteiger charge is -2.37. The summed E-state index contributed by atoms with van der Waals surface area (Å²) in [5.74, 6) is -45.8. The van der Waals surface area contributed by atoms with Gasteiger partial charge in [0.1, 0.15) is 5.60 Å². The zero-order valence-corrected chi connectivity index (χ0v) is 32.4. The molecule has 6 aromatic carbocycles. The van der Waals surface area contributed by atoms with E-state index in [1.165, 1.54) is 6.08 Å². The molecule has 0 aliphatic heterocycles. The van der Waals surface area contributed by atoms with Gasteiger partial charge < -0.3 is 14.3 Å². The van der Waals surface area contributed by atoms with Gasteiger partial charge >= 0.3 is 7.32 Å². The molecular formula is C45H28BF15O3. The fourth-order valence-electron chi connectivity index (χ4n) is 7.61. The van der Waals surface area contributed by atoms with Crippen LogP contribution in [0.1, 0.15) is 65.5 Å². The van der Waals surface area contributed by atoms with Crippen molar-refractivity contribution in [1.82, 2.24) is 0 Å². The average Bonchev–Trinajstić information content (AvgIpc) is 3.31. The molecule has 6 rings (SSSR count). The highest BCUT2D eigenvalue weighted by Crippen LogP contribution is 2.52. The molecule has 3 nitrogen and oxygen atoms in total. The monoisotopic (exact) mass is 912 g/mol. The minimum atomic E-state index is -4.56. The normalized spacial score (nSPS) is 12.1. The van der Waals surface area contributed by atoms with Crippen molar-refractivity contribution < 1.29 is 80.2 Å². The van der Waals surface area contributed by atoms with Crippen LogP contribution in [0.2, 0.25) is 0 Å². The number of benzene rings is 6. The van der Waals surface area contributed by atoms with Crippen molar-refractivity contribution in [2.75, 3.05) is 0 Å². The first-order chi connectivity index (χ1) is 30.4. The van der Waals surface area contributed by atoms with E-state index < -0.39 is 142 Å². The van der Waals surface area contributed by atoms with Gasteiger partial charge in [0.05, 0.1) is 11.7 Å². The van der Waals surface area contributed by atoms with Crippen LogP contribution in [0.3, 0.4) is 0 Å². The van der Waals surface area contributed by atoms with Gasteiger partial charge in [0.25, 0.3) is 0 Å². The highest BCUT2D eigenvalue weighted by atomic mass is 19.2. The number of unbranched alkanes of at least 4 members (excludes halogenated alkanes) is 3. The Hall–Kier alpha value is -6.21. The molecule has 0 aliphatic rings. The van der Waals surface area contributed by atoms with Crippen LogP contribution in [0.15, 0.2) is 103 Å². The number of hydrogen-bond donors (Lipinski definition) is 1. The third-order valence-corrected chi connectivity index (χ3v) is 10.4. The van der Waals surface area contributed by atoms with Gasteiger partial charge in [0.15, 0.2) is 69.8 Å². The van der Waals surface area contributed by atoms with E-state index in [0.717, 1.165) is 6.26 Å². The summed E-state index contributed by atoms with van der Waals surface area (Å²) in [6.45, 7) is 0. The number of hydrogen-bond acceptors (Lipinski definition) is 3. The molecule has 0 spiro atoms. The molecule has 0 aromatic heterocycles. The fraction of sp³-hybridized carbons (Fsp3) is 0.156. The van der Waals surface area contributed by atoms with Gasteiger partial charge in [-0.05, 0) is 36.0 Å². The molecule has 0 atom stereocenters. The summed E-state index contributed by atoms with van der Waals surface area (Å²) in [5.41, 5.74) is -12.4. The second-order valence-corrected chi connectivity index (χ2v) is 14.1. The third kappa shape index (κ3) is 8.22. The second kappa shape index (κ2) is 19.3. The van der Waals surface area contributed by atoms with Crippen LogP contribution in [0.4, 0.5) is 65.9 Å². The maximum absolute atomic E-state index is 15.7. The summed E-state index contributed by atoms with van der Waals surface area (Å²) in [4.78, 5) is 0. The van der Waals surface area contributed by atoms with Crippen LogP contribution in [0, 0.1) is 87.3 Å². The summed E-state index contributed by atoms with van der Waals surface area (Å²) < 4.78 is 238. The zero-order valence-electron chi connectivity index (χ0n) is 32.4. The van der Waals surface area contributed by atoms with Crippen molar-refractivity contribution in [2.45, 2.75) is 43.1 Å². The number of allylic oxidation sites excluding steroid dienone is 1. The molecule has 0 saturated heterocycles. The largest absolute Gasteiger partial charge is 0.711 e. The summed E-state index contributed by atoms with van der Waals surface area (Å²) in [5, 5.41) is 11.0. The van der Waals surface area contributed by atoms with Gasteiger partial charge in [0.2, 0.25) is 17.5 Å². The van der Waals surface area contributed by atoms with Crippen molar-refractivity contribution in [1.29, 1.82) is 0 Å². The Morgan fingerprint density at radius 3 is 1.02 bits per heavy atom. The maximum atomic E-state index is 15.7. The van der Waals surface area contributed by atoms with Crippen molar-refractivity contribution in [3.05, 3.63) is 224 Å². The van der Waals surface area contributed by atoms with E-state index in [2.05, 4.69) is 0 Å². The molecule has 1 N–H and O–H groups in total. The molecule has 64 heavy (non-hydrogen) atoms. The topological polar surface area (TPSA) is 38.7 Å². The predicted octanol–water partition coefficient (Wildman–Crippen LogP) is 12.6. The number of halogens is 15. The minimum absolute atomic E-state index is 0.130. The molecule has 0 fully saturated rings. The summed E-state index contributed by atoms with van der Waals surface area (Å²) >= 11 is 0. The van der Waals surface area contributed by atoms with Crippen LogP contribution in [-0.4, -0.2) is 12.3 Å². The van der Waals surface area contributed by atoms with Crippen LogP contribution in [0.5, 0.6) is 0 Å². The van der Waals surface area contributed by atoms with E-state index in [9.17, 15) is 44.5 Å². The number of rotatable bonds is 16. The van der Waals surface area contributed by atoms with Crippen molar-refractivity contribution in [2.24, 2.45) is 0 Å². The molecule has 0 amide bonds. The lowest BCUT2D eigenvalue weighted by Crippen LogP contribution is -2.39. The van der Waals surface area contributed by atoms with Crippen LogP contribution in [-0.2, 0) is 20.3 Å². The second-order valence-electron chi connectivity index (χ2n) is 14.1. The van der Waals surface area contributed by atoms with E-state index in [1.807, 2.05) is 0 Å². The van der Waals surface area contributed by atoms with E-state index in [-0.39, 0.29) is 12.8 Å². The smallest absolute Gasteiger partial charge is 0.519 e. The standard InChI is InChI=1S/C45H28BF15O3/c47-29-26(30(48)36(54)41(59)35(29)53)44(27-31(49)37(55)42(60)38(56)32(27)50,28-33(51)39(57)43(61)40(58)34(28)52)21-13-2-1-3-14-22-63-46(62)64-45(23-15-7-4-8-16-23,24-17-9-5-10-18-24)25-19-11-6-12-20-25/h4-12,14-20,22,62H,1-3,13,21H2. The lowest BCUT2D eigenvalue weighted by molar-refractivity contribution is 0.0769. The molecule has 0 aliphatic carbocycles. The zero-order chi connectivity index (χ0) is 46.7. The summed E-state index contributed by atoms with van der Waals surface area (Å²) in [6.07, 6.45) is -1.37. The van der Waals surface area contributed by atoms with Crippen LogP contribution in [0.25, 0.3) is 0 Å². The van der Waals surface area contributed by atoms with Crippen molar-refractivity contribution in [3.63, 3.8) is 0 Å². The Bertz CT molecular complexity index is 2340. The first kappa shape index (κ1) is 47.3. The summed E-state index contributed by atoms with van der Waals surface area (Å²) in [6, 6.07) is 26.2. The molecule has 0 unspecified atom stereocenters. The molecular weight excluding hydrogens is 884 g/mol. The molecule has 19 heteroatoms. The first-order valence-electron chi connectivity index (χ1n) is 18.8. The van der Waals surface area contributed by atoms with Gasteiger partial charge in [0, 0.05) is 16.7 Å². The Kier molecular flexibility index (Phi) is 14.2. The molecule has 334 valence electrons. The van der Waals surface area contributed by atoms with E-state index in [0.29, 0.717) is 16.7 Å². The molecule has 0 saturated carbocycles. The molecule has 0 radical (unpaired) electrons. The van der Waals surface area contributed by atoms with Gasteiger partial charge in [-0.3, -0.25) is 0 Å². The Balaban J connectivity index is 1.34. The summed E-state index contributed by atoms with van der Waals surface area (Å²) in [7, 11) is -1.98. The van der Waals surface area contributed by atoms with E-state index in [1.54, 1.807) is 91.0 Å². The van der Waals surface area contributed by atoms with Crippen molar-refractivity contribution >= 4 is 7.32 Å². The highest BCUT2D eigenvalue weighted by molar-refractivity contribution is 6.35. The predicted molar refractivity (Wildman–Crippen MR) is 200 cm³/mol. The lowest BCUT2D eigenvalue weighted by atomic mass is 9.65. The molecule has 6 aromatic rings. The highest BCUT2D eigenvalue weighted by Gasteiger charge is 2.53. The van der Waals surface area contributed by atoms with Crippen LogP contribution < -0.4 is 0 Å². The average molecular weight is 912 g/mol. The Morgan fingerprint density at radius 1 is 0.406 bits per heavy atom. The van der Waals surface area contributed by atoms with Gasteiger partial charge in [-0.15, -0.1) is 0 Å². The van der Waals surface area contributed by atoms with E-state index >= 15 is 26.3 Å². The Morgan fingerprint density at radius 2 is 0.703 bits per heavy atom. The Labute approximate surface area is 354 Å². The van der Waals surface area contributed by atoms with Gasteiger partial charge in [-0.25, -0.2) is 65.9 Å².